The number of benzene rings is 1. The summed E-state index contributed by atoms with van der Waals surface area (Å²) in [5.41, 5.74) is 8.48. The lowest BCUT2D eigenvalue weighted by Gasteiger charge is -2.09. The van der Waals surface area contributed by atoms with Crippen molar-refractivity contribution in [2.24, 2.45) is 5.73 Å². The zero-order valence-electron chi connectivity index (χ0n) is 11.6. The predicted octanol–water partition coefficient (Wildman–Crippen LogP) is 3.12. The van der Waals surface area contributed by atoms with Crippen LogP contribution < -0.4 is 10.5 Å². The van der Waals surface area contributed by atoms with Gasteiger partial charge in [0.15, 0.2) is 0 Å². The van der Waals surface area contributed by atoms with Crippen molar-refractivity contribution < 1.29 is 4.74 Å². The van der Waals surface area contributed by atoms with E-state index in [1.807, 2.05) is 13.0 Å². The molecule has 2 N–H and O–H groups in total. The van der Waals surface area contributed by atoms with Crippen molar-refractivity contribution in [2.45, 2.75) is 39.3 Å². The molecule has 1 aromatic heterocycles. The number of methoxy groups -OCH3 is 1. The first-order valence-corrected chi connectivity index (χ1v) is 6.46. The first-order valence-electron chi connectivity index (χ1n) is 6.46. The van der Waals surface area contributed by atoms with Gasteiger partial charge in [-0.3, -0.25) is 0 Å². The third kappa shape index (κ3) is 2.36. The molecule has 0 fully saturated rings. The van der Waals surface area contributed by atoms with E-state index in [1.165, 1.54) is 16.5 Å². The molecule has 1 unspecified atom stereocenters. The molecular formula is C15H22N2O. The number of hydrogen-bond acceptors (Lipinski definition) is 2. The fourth-order valence-corrected chi connectivity index (χ4v) is 2.37. The lowest BCUT2D eigenvalue weighted by molar-refractivity contribution is 0.415. The molecule has 0 saturated carbocycles. The largest absolute Gasteiger partial charge is 0.497 e. The summed E-state index contributed by atoms with van der Waals surface area (Å²) in [6.45, 7) is 6.43. The Morgan fingerprint density at radius 3 is 2.56 bits per heavy atom. The van der Waals surface area contributed by atoms with Gasteiger partial charge in [-0.25, -0.2) is 0 Å². The van der Waals surface area contributed by atoms with Gasteiger partial charge < -0.3 is 15.0 Å². The van der Waals surface area contributed by atoms with Crippen LogP contribution in [0, 0.1) is 0 Å². The maximum Gasteiger partial charge on any atom is 0.119 e. The van der Waals surface area contributed by atoms with Gasteiger partial charge >= 0.3 is 0 Å². The first kappa shape index (κ1) is 13.0. The molecule has 1 atom stereocenters. The van der Waals surface area contributed by atoms with E-state index in [1.54, 1.807) is 7.11 Å². The quantitative estimate of drug-likeness (QED) is 0.900. The molecule has 98 valence electrons. The van der Waals surface area contributed by atoms with Gasteiger partial charge in [0.1, 0.15) is 5.75 Å². The average Bonchev–Trinajstić information content (AvgIpc) is 2.67. The minimum Gasteiger partial charge on any atom is -0.497 e. The molecule has 0 saturated heterocycles. The Labute approximate surface area is 109 Å². The molecule has 1 heterocycles. The van der Waals surface area contributed by atoms with Crippen LogP contribution in [-0.4, -0.2) is 17.7 Å². The van der Waals surface area contributed by atoms with Crippen LogP contribution in [0.5, 0.6) is 5.75 Å². The summed E-state index contributed by atoms with van der Waals surface area (Å²) in [6, 6.07) is 6.85. The average molecular weight is 246 g/mol. The van der Waals surface area contributed by atoms with Gasteiger partial charge in [-0.15, -0.1) is 0 Å². The Hall–Kier alpha value is -1.48. The maximum absolute atomic E-state index is 5.93. The number of rotatable bonds is 4. The van der Waals surface area contributed by atoms with E-state index in [4.69, 9.17) is 10.5 Å². The summed E-state index contributed by atoms with van der Waals surface area (Å²) in [4.78, 5) is 0. The smallest absolute Gasteiger partial charge is 0.119 e. The normalized spacial score (nSPS) is 13.2. The molecule has 3 heteroatoms. The van der Waals surface area contributed by atoms with Crippen LogP contribution in [0.15, 0.2) is 24.4 Å². The van der Waals surface area contributed by atoms with Crippen LogP contribution in [0.1, 0.15) is 32.4 Å². The molecular weight excluding hydrogens is 224 g/mol. The standard InChI is InChI=1S/C15H22N2O/c1-10(2)17-9-12(7-11(3)16)14-8-13(18-4)5-6-15(14)17/h5-6,8-11H,7,16H2,1-4H3. The molecule has 1 aromatic carbocycles. The minimum atomic E-state index is 0.169. The molecule has 0 bridgehead atoms. The Kier molecular flexibility index (Phi) is 3.62. The van der Waals surface area contributed by atoms with E-state index in [2.05, 4.69) is 36.7 Å². The Balaban J connectivity index is 2.60. The fraction of sp³-hybridized carbons (Fsp3) is 0.467. The van der Waals surface area contributed by atoms with E-state index >= 15 is 0 Å². The highest BCUT2D eigenvalue weighted by molar-refractivity contribution is 5.85. The number of nitrogens with zero attached hydrogens (tertiary/aromatic N) is 1. The van der Waals surface area contributed by atoms with Crippen LogP contribution in [0.2, 0.25) is 0 Å². The second-order valence-electron chi connectivity index (χ2n) is 5.22. The SMILES string of the molecule is COc1ccc2c(c1)c(CC(C)N)cn2C(C)C. The minimum absolute atomic E-state index is 0.169. The Morgan fingerprint density at radius 2 is 2.00 bits per heavy atom. The molecule has 0 amide bonds. The van der Waals surface area contributed by atoms with Crippen molar-refractivity contribution in [2.75, 3.05) is 7.11 Å². The maximum atomic E-state index is 5.93. The fourth-order valence-electron chi connectivity index (χ4n) is 2.37. The Bertz CT molecular complexity index is 541. The highest BCUT2D eigenvalue weighted by atomic mass is 16.5. The van der Waals surface area contributed by atoms with Crippen molar-refractivity contribution in [3.8, 4) is 5.75 Å². The summed E-state index contributed by atoms with van der Waals surface area (Å²) >= 11 is 0. The second kappa shape index (κ2) is 5.02. The molecule has 0 radical (unpaired) electrons. The van der Waals surface area contributed by atoms with Crippen LogP contribution in [0.3, 0.4) is 0 Å². The molecule has 3 nitrogen and oxygen atoms in total. The van der Waals surface area contributed by atoms with Crippen molar-refractivity contribution in [1.29, 1.82) is 0 Å². The molecule has 2 aromatic rings. The van der Waals surface area contributed by atoms with Crippen molar-refractivity contribution in [1.82, 2.24) is 4.57 Å². The number of hydrogen-bond donors (Lipinski definition) is 1. The van der Waals surface area contributed by atoms with Gasteiger partial charge in [0.05, 0.1) is 7.11 Å². The third-order valence-corrected chi connectivity index (χ3v) is 3.22. The van der Waals surface area contributed by atoms with Crippen molar-refractivity contribution >= 4 is 10.9 Å². The van der Waals surface area contributed by atoms with E-state index in [0.717, 1.165) is 12.2 Å². The summed E-state index contributed by atoms with van der Waals surface area (Å²) in [6.07, 6.45) is 3.11. The van der Waals surface area contributed by atoms with Crippen LogP contribution >= 0.6 is 0 Å². The van der Waals surface area contributed by atoms with Gasteiger partial charge in [-0.1, -0.05) is 0 Å². The monoisotopic (exact) mass is 246 g/mol. The summed E-state index contributed by atoms with van der Waals surface area (Å²) in [5, 5.41) is 1.25. The topological polar surface area (TPSA) is 40.2 Å². The molecule has 0 spiro atoms. The van der Waals surface area contributed by atoms with Crippen molar-refractivity contribution in [3.05, 3.63) is 30.0 Å². The molecule has 18 heavy (non-hydrogen) atoms. The second-order valence-corrected chi connectivity index (χ2v) is 5.22. The predicted molar refractivity (Wildman–Crippen MR) is 76.2 cm³/mol. The third-order valence-electron chi connectivity index (χ3n) is 3.22. The van der Waals surface area contributed by atoms with Gasteiger partial charge in [0, 0.05) is 29.2 Å². The van der Waals surface area contributed by atoms with Crippen LogP contribution in [0.4, 0.5) is 0 Å². The molecule has 2 rings (SSSR count). The van der Waals surface area contributed by atoms with Gasteiger partial charge in [0.25, 0.3) is 0 Å². The van der Waals surface area contributed by atoms with E-state index < -0.39 is 0 Å². The highest BCUT2D eigenvalue weighted by Crippen LogP contribution is 2.29. The van der Waals surface area contributed by atoms with Gasteiger partial charge in [-0.2, -0.15) is 0 Å². The summed E-state index contributed by atoms with van der Waals surface area (Å²) < 4.78 is 7.61. The number of nitrogens with two attached hydrogens (primary N) is 1. The van der Waals surface area contributed by atoms with E-state index in [-0.39, 0.29) is 6.04 Å². The van der Waals surface area contributed by atoms with Gasteiger partial charge in [-0.05, 0) is 51.0 Å². The van der Waals surface area contributed by atoms with Crippen molar-refractivity contribution in [3.63, 3.8) is 0 Å². The number of ether oxygens (including phenoxy) is 1. The molecule has 0 aliphatic heterocycles. The van der Waals surface area contributed by atoms with E-state index in [9.17, 15) is 0 Å². The molecule has 0 aliphatic carbocycles. The summed E-state index contributed by atoms with van der Waals surface area (Å²) in [5.74, 6) is 0.898. The number of aromatic nitrogens is 1. The first-order chi connectivity index (χ1) is 8.52. The lowest BCUT2D eigenvalue weighted by atomic mass is 10.1. The van der Waals surface area contributed by atoms with Crippen LogP contribution in [0.25, 0.3) is 10.9 Å². The van der Waals surface area contributed by atoms with Gasteiger partial charge in [0.2, 0.25) is 0 Å². The summed E-state index contributed by atoms with van der Waals surface area (Å²) in [7, 11) is 1.70. The zero-order valence-corrected chi connectivity index (χ0v) is 11.6. The Morgan fingerprint density at radius 1 is 1.28 bits per heavy atom. The zero-order chi connectivity index (χ0) is 13.3. The number of fused-ring (bicyclic) bond motifs is 1. The molecule has 0 aliphatic rings. The highest BCUT2D eigenvalue weighted by Gasteiger charge is 2.12. The van der Waals surface area contributed by atoms with E-state index in [0.29, 0.717) is 6.04 Å². The lowest BCUT2D eigenvalue weighted by Crippen LogP contribution is -2.17. The van der Waals surface area contributed by atoms with Crippen LogP contribution in [-0.2, 0) is 6.42 Å².